The maximum absolute atomic E-state index is 6.19. The summed E-state index contributed by atoms with van der Waals surface area (Å²) in [5.41, 5.74) is 6.19. The predicted octanol–water partition coefficient (Wildman–Crippen LogP) is 4.67. The molecule has 0 saturated heterocycles. The lowest BCUT2D eigenvalue weighted by Gasteiger charge is -2.33. The predicted molar refractivity (Wildman–Crippen MR) is 92.3 cm³/mol. The molecule has 3 rings (SSSR count). The summed E-state index contributed by atoms with van der Waals surface area (Å²) >= 11 is 8.96. The first kappa shape index (κ1) is 14.9. The van der Waals surface area contributed by atoms with Gasteiger partial charge in [0.05, 0.1) is 16.4 Å². The van der Waals surface area contributed by atoms with Gasteiger partial charge in [0.25, 0.3) is 0 Å². The number of aliphatic imine (C=N–C) groups is 1. The zero-order chi connectivity index (χ0) is 14.1. The molecule has 1 fully saturated rings. The van der Waals surface area contributed by atoms with Crippen molar-refractivity contribution in [2.75, 3.05) is 6.54 Å². The Labute approximate surface area is 140 Å². The minimum Gasteiger partial charge on any atom is -0.370 e. The van der Waals surface area contributed by atoms with E-state index >= 15 is 0 Å². The average Bonchev–Trinajstić information content (AvgIpc) is 2.84. The molecule has 1 aliphatic carbocycles. The molecule has 0 spiro atoms. The van der Waals surface area contributed by atoms with Gasteiger partial charge in [-0.05, 0) is 50.8 Å². The van der Waals surface area contributed by atoms with Crippen LogP contribution in [0.25, 0.3) is 0 Å². The minimum absolute atomic E-state index is 0.325. The standard InChI is InChI=1S/C14H19Br2N3S/c15-10-7-12(20-13(10)16)11-8-18-14(17)19(11)9-5-3-1-2-4-6-9/h7,9,11H,1-6,8H2,(H2,17,18). The first-order valence-electron chi connectivity index (χ1n) is 7.20. The molecule has 0 radical (unpaired) electrons. The van der Waals surface area contributed by atoms with E-state index in [0.717, 1.165) is 20.8 Å². The fourth-order valence-electron chi connectivity index (χ4n) is 3.24. The second-order valence-corrected chi connectivity index (χ2v) is 8.79. The number of rotatable bonds is 2. The van der Waals surface area contributed by atoms with Crippen molar-refractivity contribution in [2.45, 2.75) is 50.6 Å². The second kappa shape index (κ2) is 6.36. The summed E-state index contributed by atoms with van der Waals surface area (Å²) in [5.74, 6) is 0.738. The van der Waals surface area contributed by atoms with Gasteiger partial charge in [-0.2, -0.15) is 0 Å². The fourth-order valence-corrected chi connectivity index (χ4v) is 5.42. The van der Waals surface area contributed by atoms with Crippen molar-refractivity contribution >= 4 is 49.2 Å². The number of nitrogens with two attached hydrogens (primary N) is 1. The van der Waals surface area contributed by atoms with Crippen LogP contribution in [0.5, 0.6) is 0 Å². The Hall–Kier alpha value is -0.0700. The minimum atomic E-state index is 0.325. The van der Waals surface area contributed by atoms with Crippen molar-refractivity contribution in [3.63, 3.8) is 0 Å². The molecule has 2 N–H and O–H groups in total. The Morgan fingerprint density at radius 3 is 2.50 bits per heavy atom. The highest BCUT2D eigenvalue weighted by atomic mass is 79.9. The summed E-state index contributed by atoms with van der Waals surface area (Å²) in [7, 11) is 0. The van der Waals surface area contributed by atoms with E-state index in [9.17, 15) is 0 Å². The fraction of sp³-hybridized carbons (Fsp3) is 0.643. The van der Waals surface area contributed by atoms with Gasteiger partial charge in [-0.3, -0.25) is 4.99 Å². The van der Waals surface area contributed by atoms with E-state index in [1.54, 1.807) is 11.3 Å². The van der Waals surface area contributed by atoms with Crippen LogP contribution in [0.15, 0.2) is 19.3 Å². The van der Waals surface area contributed by atoms with Gasteiger partial charge in [0.15, 0.2) is 5.96 Å². The smallest absolute Gasteiger partial charge is 0.192 e. The van der Waals surface area contributed by atoms with Gasteiger partial charge >= 0.3 is 0 Å². The lowest BCUT2D eigenvalue weighted by Crippen LogP contribution is -2.43. The molecule has 2 heterocycles. The van der Waals surface area contributed by atoms with Crippen LogP contribution in [0.3, 0.4) is 0 Å². The molecular formula is C14H19Br2N3S. The molecule has 0 amide bonds. The molecule has 2 aliphatic rings. The van der Waals surface area contributed by atoms with Crippen LogP contribution >= 0.6 is 43.2 Å². The Morgan fingerprint density at radius 2 is 1.90 bits per heavy atom. The van der Waals surface area contributed by atoms with Gasteiger partial charge in [-0.25, -0.2) is 0 Å². The van der Waals surface area contributed by atoms with E-state index in [1.807, 2.05) is 0 Å². The largest absolute Gasteiger partial charge is 0.370 e. The molecule has 20 heavy (non-hydrogen) atoms. The number of thiophene rings is 1. The molecule has 0 bridgehead atoms. The van der Waals surface area contributed by atoms with Crippen molar-refractivity contribution in [2.24, 2.45) is 10.7 Å². The molecule has 1 aliphatic heterocycles. The average molecular weight is 421 g/mol. The molecule has 1 saturated carbocycles. The zero-order valence-corrected chi connectivity index (χ0v) is 15.3. The molecule has 1 aromatic rings. The van der Waals surface area contributed by atoms with Gasteiger partial charge in [0, 0.05) is 15.4 Å². The highest BCUT2D eigenvalue weighted by Crippen LogP contribution is 2.40. The van der Waals surface area contributed by atoms with Crippen LogP contribution < -0.4 is 5.73 Å². The number of nitrogens with zero attached hydrogens (tertiary/aromatic N) is 2. The van der Waals surface area contributed by atoms with Crippen molar-refractivity contribution in [3.05, 3.63) is 19.2 Å². The molecule has 0 aromatic carbocycles. The Balaban J connectivity index is 1.83. The number of guanidine groups is 1. The van der Waals surface area contributed by atoms with E-state index in [4.69, 9.17) is 5.73 Å². The third kappa shape index (κ3) is 2.92. The van der Waals surface area contributed by atoms with E-state index in [-0.39, 0.29) is 0 Å². The molecule has 1 unspecified atom stereocenters. The third-order valence-electron chi connectivity index (χ3n) is 4.24. The van der Waals surface area contributed by atoms with E-state index < -0.39 is 0 Å². The Morgan fingerprint density at radius 1 is 1.20 bits per heavy atom. The topological polar surface area (TPSA) is 41.6 Å². The maximum Gasteiger partial charge on any atom is 0.192 e. The number of halogens is 2. The molecule has 1 aromatic heterocycles. The Kier molecular flexibility index (Phi) is 4.72. The van der Waals surface area contributed by atoms with E-state index in [0.29, 0.717) is 12.1 Å². The number of hydrogen-bond acceptors (Lipinski definition) is 4. The maximum atomic E-state index is 6.19. The first-order valence-corrected chi connectivity index (χ1v) is 9.60. The molecule has 3 nitrogen and oxygen atoms in total. The third-order valence-corrected chi connectivity index (χ3v) is 7.59. The van der Waals surface area contributed by atoms with Crippen LogP contribution in [0.1, 0.15) is 49.4 Å². The zero-order valence-electron chi connectivity index (χ0n) is 11.3. The molecular weight excluding hydrogens is 402 g/mol. The second-order valence-electron chi connectivity index (χ2n) is 5.54. The van der Waals surface area contributed by atoms with E-state index in [1.165, 1.54) is 43.4 Å². The molecule has 6 heteroatoms. The SMILES string of the molecule is NC1=NCC(c2cc(Br)c(Br)s2)N1C1CCCCCC1. The van der Waals surface area contributed by atoms with Crippen molar-refractivity contribution in [1.82, 2.24) is 4.90 Å². The van der Waals surface area contributed by atoms with Crippen LogP contribution in [0, 0.1) is 0 Å². The highest BCUT2D eigenvalue weighted by Gasteiger charge is 2.34. The van der Waals surface area contributed by atoms with Crippen molar-refractivity contribution in [1.29, 1.82) is 0 Å². The lowest BCUT2D eigenvalue weighted by molar-refractivity contribution is 0.240. The van der Waals surface area contributed by atoms with Crippen LogP contribution in [-0.2, 0) is 0 Å². The normalized spacial score (nSPS) is 24.8. The van der Waals surface area contributed by atoms with Gasteiger partial charge in [-0.1, -0.05) is 25.7 Å². The summed E-state index contributed by atoms with van der Waals surface area (Å²) in [6, 6.07) is 3.09. The van der Waals surface area contributed by atoms with Crippen molar-refractivity contribution < 1.29 is 0 Å². The van der Waals surface area contributed by atoms with Crippen LogP contribution in [0.4, 0.5) is 0 Å². The Bertz CT molecular complexity index is 487. The van der Waals surface area contributed by atoms with E-state index in [2.05, 4.69) is 47.8 Å². The summed E-state index contributed by atoms with van der Waals surface area (Å²) in [6.45, 7) is 0.793. The summed E-state index contributed by atoms with van der Waals surface area (Å²) in [5, 5.41) is 0. The summed E-state index contributed by atoms with van der Waals surface area (Å²) < 4.78 is 2.28. The first-order chi connectivity index (χ1) is 9.66. The van der Waals surface area contributed by atoms with Crippen molar-refractivity contribution in [3.8, 4) is 0 Å². The number of hydrogen-bond donors (Lipinski definition) is 1. The monoisotopic (exact) mass is 419 g/mol. The quantitative estimate of drug-likeness (QED) is 0.706. The van der Waals surface area contributed by atoms with Gasteiger partial charge in [-0.15, -0.1) is 11.3 Å². The highest BCUT2D eigenvalue weighted by molar-refractivity contribution is 9.13. The van der Waals surface area contributed by atoms with Gasteiger partial charge in [0.2, 0.25) is 0 Å². The molecule has 1 atom stereocenters. The lowest BCUT2D eigenvalue weighted by atomic mass is 10.0. The summed E-state index contributed by atoms with van der Waals surface area (Å²) in [6.07, 6.45) is 7.86. The van der Waals surface area contributed by atoms with Gasteiger partial charge < -0.3 is 10.6 Å². The molecule has 110 valence electrons. The van der Waals surface area contributed by atoms with Crippen LogP contribution in [0.2, 0.25) is 0 Å². The summed E-state index contributed by atoms with van der Waals surface area (Å²) in [4.78, 5) is 8.25. The van der Waals surface area contributed by atoms with Crippen LogP contribution in [-0.4, -0.2) is 23.4 Å². The van der Waals surface area contributed by atoms with Gasteiger partial charge in [0.1, 0.15) is 0 Å².